The van der Waals surface area contributed by atoms with Crippen molar-refractivity contribution in [3.63, 3.8) is 0 Å². The Bertz CT molecular complexity index is 1070. The lowest BCUT2D eigenvalue weighted by Gasteiger charge is -2.24. The molecule has 0 radical (unpaired) electrons. The smallest absolute Gasteiger partial charge is 0.252 e. The van der Waals surface area contributed by atoms with Gasteiger partial charge in [-0.3, -0.25) is 4.79 Å². The molecule has 0 aliphatic carbocycles. The number of benzene rings is 2. The quantitative estimate of drug-likeness (QED) is 0.673. The molecule has 8 heteroatoms. The van der Waals surface area contributed by atoms with Crippen LogP contribution < -0.4 is 4.90 Å². The molecule has 2 fully saturated rings. The second-order valence-electron chi connectivity index (χ2n) is 7.10. The number of amidine groups is 1. The molecule has 5 nitrogen and oxygen atoms in total. The van der Waals surface area contributed by atoms with E-state index in [0.29, 0.717) is 5.17 Å². The molecule has 146 valence electrons. The van der Waals surface area contributed by atoms with Crippen molar-refractivity contribution >= 4 is 54.3 Å². The van der Waals surface area contributed by atoms with Gasteiger partial charge in [0.25, 0.3) is 5.91 Å². The van der Waals surface area contributed by atoms with Gasteiger partial charge >= 0.3 is 0 Å². The van der Waals surface area contributed by atoms with E-state index in [9.17, 15) is 13.2 Å². The number of fused-ring (bicyclic) bond motifs is 1. The fourth-order valence-corrected chi connectivity index (χ4v) is 7.95. The first kappa shape index (κ1) is 19.7. The van der Waals surface area contributed by atoms with Crippen LogP contribution in [-0.2, 0) is 21.1 Å². The third-order valence-electron chi connectivity index (χ3n) is 4.81. The van der Waals surface area contributed by atoms with E-state index < -0.39 is 9.84 Å². The average molecular weight is 479 g/mol. The van der Waals surface area contributed by atoms with Gasteiger partial charge in [-0.2, -0.15) is 4.99 Å². The van der Waals surface area contributed by atoms with E-state index in [0.717, 1.165) is 21.3 Å². The van der Waals surface area contributed by atoms with Crippen LogP contribution in [0.15, 0.2) is 58.0 Å². The minimum atomic E-state index is -3.08. The number of aryl methyl sites for hydroxylation is 1. The van der Waals surface area contributed by atoms with Crippen LogP contribution in [0.1, 0.15) is 11.1 Å². The molecule has 0 unspecified atom stereocenters. The molecule has 1 amide bonds. The second-order valence-corrected chi connectivity index (χ2v) is 11.4. The van der Waals surface area contributed by atoms with Gasteiger partial charge in [0.2, 0.25) is 0 Å². The molecule has 0 N–H and O–H groups in total. The number of hydrogen-bond donors (Lipinski definition) is 0. The number of aliphatic imine (C=N–C) groups is 1. The number of sulfone groups is 1. The van der Waals surface area contributed by atoms with Gasteiger partial charge in [0, 0.05) is 15.4 Å². The Labute approximate surface area is 177 Å². The molecule has 0 bridgehead atoms. The Morgan fingerprint density at radius 2 is 2.00 bits per heavy atom. The molecular weight excluding hydrogens is 460 g/mol. The zero-order valence-corrected chi connectivity index (χ0v) is 18.4. The van der Waals surface area contributed by atoms with E-state index in [1.807, 2.05) is 60.4 Å². The van der Waals surface area contributed by atoms with Gasteiger partial charge < -0.3 is 4.90 Å². The summed E-state index contributed by atoms with van der Waals surface area (Å²) in [6.07, 6.45) is 0.228. The SMILES string of the molecule is Cc1cccc(CC(=O)N=C2S[C@@H]3CS(=O)(=O)C[C@@H]3N2c2cccc(Br)c2)c1. The van der Waals surface area contributed by atoms with Crippen molar-refractivity contribution in [2.45, 2.75) is 24.6 Å². The first-order valence-corrected chi connectivity index (χ1v) is 12.4. The first-order valence-electron chi connectivity index (χ1n) is 8.90. The number of hydrogen-bond acceptors (Lipinski definition) is 4. The van der Waals surface area contributed by atoms with Crippen LogP contribution in [0.5, 0.6) is 0 Å². The van der Waals surface area contributed by atoms with E-state index in [1.54, 1.807) is 0 Å². The molecule has 2 atom stereocenters. The number of thioether (sulfide) groups is 1. The van der Waals surface area contributed by atoms with Crippen LogP contribution in [0.4, 0.5) is 5.69 Å². The highest BCUT2D eigenvalue weighted by molar-refractivity contribution is 9.10. The normalized spacial score (nSPS) is 24.5. The van der Waals surface area contributed by atoms with Crippen LogP contribution in [-0.4, -0.2) is 42.3 Å². The Morgan fingerprint density at radius 3 is 2.75 bits per heavy atom. The Balaban J connectivity index is 1.65. The van der Waals surface area contributed by atoms with Crippen molar-refractivity contribution in [2.24, 2.45) is 4.99 Å². The summed E-state index contributed by atoms with van der Waals surface area (Å²) in [6, 6.07) is 15.3. The summed E-state index contributed by atoms with van der Waals surface area (Å²) in [5.41, 5.74) is 2.87. The van der Waals surface area contributed by atoms with Gasteiger partial charge in [-0.05, 0) is 30.7 Å². The summed E-state index contributed by atoms with van der Waals surface area (Å²) in [6.45, 7) is 1.99. The van der Waals surface area contributed by atoms with Crippen LogP contribution in [0, 0.1) is 6.92 Å². The van der Waals surface area contributed by atoms with Gasteiger partial charge in [0.15, 0.2) is 15.0 Å². The molecule has 4 rings (SSSR count). The van der Waals surface area contributed by atoms with Crippen LogP contribution >= 0.6 is 27.7 Å². The van der Waals surface area contributed by atoms with Crippen LogP contribution in [0.25, 0.3) is 0 Å². The van der Waals surface area contributed by atoms with Crippen molar-refractivity contribution in [2.75, 3.05) is 16.4 Å². The summed E-state index contributed by atoms with van der Waals surface area (Å²) >= 11 is 4.86. The summed E-state index contributed by atoms with van der Waals surface area (Å²) < 4.78 is 25.2. The minimum Gasteiger partial charge on any atom is -0.316 e. The number of amides is 1. The zero-order chi connectivity index (χ0) is 19.9. The predicted octanol–water partition coefficient (Wildman–Crippen LogP) is 3.60. The molecule has 2 aromatic carbocycles. The third kappa shape index (κ3) is 4.18. The predicted molar refractivity (Wildman–Crippen MR) is 118 cm³/mol. The number of carbonyl (C=O) groups is 1. The van der Waals surface area contributed by atoms with Crippen molar-refractivity contribution in [1.82, 2.24) is 0 Å². The van der Waals surface area contributed by atoms with Gasteiger partial charge in [-0.1, -0.05) is 63.6 Å². The van der Waals surface area contributed by atoms with E-state index in [-0.39, 0.29) is 35.1 Å². The highest BCUT2D eigenvalue weighted by atomic mass is 79.9. The van der Waals surface area contributed by atoms with Crippen LogP contribution in [0.3, 0.4) is 0 Å². The van der Waals surface area contributed by atoms with Crippen molar-refractivity contribution in [3.05, 3.63) is 64.1 Å². The third-order valence-corrected chi connectivity index (χ3v) is 8.51. The van der Waals surface area contributed by atoms with E-state index >= 15 is 0 Å². The molecule has 2 aliphatic rings. The lowest BCUT2D eigenvalue weighted by molar-refractivity contribution is -0.117. The van der Waals surface area contributed by atoms with Gasteiger partial charge in [-0.25, -0.2) is 8.42 Å². The molecule has 0 spiro atoms. The number of halogens is 1. The summed E-state index contributed by atoms with van der Waals surface area (Å²) in [4.78, 5) is 18.9. The lowest BCUT2D eigenvalue weighted by Crippen LogP contribution is -2.37. The zero-order valence-electron chi connectivity index (χ0n) is 15.2. The first-order chi connectivity index (χ1) is 13.3. The molecule has 0 saturated carbocycles. The van der Waals surface area contributed by atoms with Crippen molar-refractivity contribution in [1.29, 1.82) is 0 Å². The fraction of sp³-hybridized carbons (Fsp3) is 0.300. The van der Waals surface area contributed by atoms with E-state index in [1.165, 1.54) is 11.8 Å². The summed E-state index contributed by atoms with van der Waals surface area (Å²) in [5.74, 6) is -0.0175. The largest absolute Gasteiger partial charge is 0.316 e. The van der Waals surface area contributed by atoms with E-state index in [4.69, 9.17) is 0 Å². The molecular formula is C20H19BrN2O3S2. The summed E-state index contributed by atoms with van der Waals surface area (Å²) in [5, 5.41) is 0.482. The van der Waals surface area contributed by atoms with Gasteiger partial charge in [0.1, 0.15) is 0 Å². The molecule has 2 heterocycles. The monoisotopic (exact) mass is 478 g/mol. The second kappa shape index (κ2) is 7.65. The van der Waals surface area contributed by atoms with Crippen LogP contribution in [0.2, 0.25) is 0 Å². The fourth-order valence-electron chi connectivity index (χ4n) is 3.64. The number of anilines is 1. The molecule has 0 aromatic heterocycles. The standard InChI is InChI=1S/C20H19BrN2O3S2/c1-13-4-2-5-14(8-13)9-19(24)22-20-23(16-7-3-6-15(21)10-16)17-11-28(25,26)12-18(17)27-20/h2-8,10,17-18H,9,11-12H2,1H3/t17-,18+/m0/s1. The Kier molecular flexibility index (Phi) is 5.37. The molecule has 2 saturated heterocycles. The number of rotatable bonds is 3. The highest BCUT2D eigenvalue weighted by Crippen LogP contribution is 2.41. The van der Waals surface area contributed by atoms with Gasteiger partial charge in [0.05, 0.1) is 24.0 Å². The Morgan fingerprint density at radius 1 is 1.21 bits per heavy atom. The Hall–Kier alpha value is -1.64. The number of nitrogens with zero attached hydrogens (tertiary/aromatic N) is 2. The molecule has 28 heavy (non-hydrogen) atoms. The maximum Gasteiger partial charge on any atom is 0.252 e. The summed E-state index contributed by atoms with van der Waals surface area (Å²) in [7, 11) is -3.08. The molecule has 2 aliphatic heterocycles. The highest BCUT2D eigenvalue weighted by Gasteiger charge is 2.49. The van der Waals surface area contributed by atoms with E-state index in [2.05, 4.69) is 20.9 Å². The number of carbonyl (C=O) groups excluding carboxylic acids is 1. The maximum absolute atomic E-state index is 12.6. The van der Waals surface area contributed by atoms with Crippen molar-refractivity contribution in [3.8, 4) is 0 Å². The minimum absolute atomic E-state index is 0.0856. The van der Waals surface area contributed by atoms with Gasteiger partial charge in [-0.15, -0.1) is 0 Å². The average Bonchev–Trinajstić information content (AvgIpc) is 3.05. The lowest BCUT2D eigenvalue weighted by atomic mass is 10.1. The topological polar surface area (TPSA) is 66.8 Å². The molecule has 2 aromatic rings. The maximum atomic E-state index is 12.6. The van der Waals surface area contributed by atoms with Crippen molar-refractivity contribution < 1.29 is 13.2 Å².